The van der Waals surface area contributed by atoms with Crippen LogP contribution in [0.1, 0.15) is 23.4 Å². The molecule has 0 spiro atoms. The number of nitrogens with one attached hydrogen (secondary N) is 1. The highest BCUT2D eigenvalue weighted by molar-refractivity contribution is 9.11. The summed E-state index contributed by atoms with van der Waals surface area (Å²) in [5, 5.41) is 0. The van der Waals surface area contributed by atoms with Crippen LogP contribution in [0.15, 0.2) is 39.0 Å². The van der Waals surface area contributed by atoms with E-state index in [1.165, 1.54) is 11.3 Å². The number of hydrogen-bond donors (Lipinski definition) is 1. The van der Waals surface area contributed by atoms with Gasteiger partial charge in [-0.05, 0) is 41.9 Å². The van der Waals surface area contributed by atoms with E-state index in [4.69, 9.17) is 4.74 Å². The molecule has 21 heavy (non-hydrogen) atoms. The number of aryl methyl sites for hydroxylation is 1. The van der Waals surface area contributed by atoms with Crippen LogP contribution in [0.4, 0.5) is 0 Å². The second-order valence-corrected chi connectivity index (χ2v) is 8.87. The van der Waals surface area contributed by atoms with Crippen molar-refractivity contribution in [1.29, 1.82) is 0 Å². The predicted molar refractivity (Wildman–Crippen MR) is 88.5 cm³/mol. The summed E-state index contributed by atoms with van der Waals surface area (Å²) in [6.45, 7) is 3.59. The Kier molecular flexibility index (Phi) is 5.08. The third kappa shape index (κ3) is 3.66. The van der Waals surface area contributed by atoms with Crippen LogP contribution in [0.5, 0.6) is 5.75 Å². The lowest BCUT2D eigenvalue weighted by molar-refractivity contribution is 0.405. The van der Waals surface area contributed by atoms with E-state index in [0.717, 1.165) is 14.2 Å². The molecule has 0 saturated heterocycles. The highest BCUT2D eigenvalue weighted by Gasteiger charge is 2.23. The summed E-state index contributed by atoms with van der Waals surface area (Å²) in [4.78, 5) is 1.06. The molecule has 0 radical (unpaired) electrons. The Bertz CT molecular complexity index is 740. The first-order valence-corrected chi connectivity index (χ1v) is 9.35. The second kappa shape index (κ2) is 6.48. The molecule has 0 saturated carbocycles. The number of rotatable bonds is 5. The van der Waals surface area contributed by atoms with E-state index in [1.54, 1.807) is 27.0 Å². The lowest BCUT2D eigenvalue weighted by Crippen LogP contribution is -2.27. The van der Waals surface area contributed by atoms with Crippen molar-refractivity contribution in [2.75, 3.05) is 7.11 Å². The summed E-state index contributed by atoms with van der Waals surface area (Å²) < 4.78 is 33.7. The number of halogens is 1. The van der Waals surface area contributed by atoms with Gasteiger partial charge in [0.1, 0.15) is 5.75 Å². The molecule has 1 N–H and O–H groups in total. The number of methoxy groups -OCH3 is 1. The molecule has 1 heterocycles. The van der Waals surface area contributed by atoms with Crippen LogP contribution >= 0.6 is 27.3 Å². The standard InChI is InChI=1S/C14H16BrNO3S2/c1-9(11-6-4-5-7-12(11)19-3)16-21(17,18)13-8-14(15)20-10(13)2/h4-9,16H,1-3H3. The summed E-state index contributed by atoms with van der Waals surface area (Å²) in [5.41, 5.74) is 0.801. The summed E-state index contributed by atoms with van der Waals surface area (Å²) in [7, 11) is -2.00. The first kappa shape index (κ1) is 16.5. The average Bonchev–Trinajstić information content (AvgIpc) is 2.78. The van der Waals surface area contributed by atoms with Gasteiger partial charge in [-0.2, -0.15) is 0 Å². The molecule has 2 aromatic rings. The van der Waals surface area contributed by atoms with E-state index in [1.807, 2.05) is 24.3 Å². The van der Waals surface area contributed by atoms with Gasteiger partial charge in [0, 0.05) is 16.5 Å². The molecule has 0 bridgehead atoms. The largest absolute Gasteiger partial charge is 0.496 e. The van der Waals surface area contributed by atoms with Crippen LogP contribution in [0.25, 0.3) is 0 Å². The molecule has 1 aromatic heterocycles. The lowest BCUT2D eigenvalue weighted by Gasteiger charge is -2.17. The third-order valence-electron chi connectivity index (χ3n) is 3.07. The number of hydrogen-bond acceptors (Lipinski definition) is 4. The molecule has 0 aliphatic carbocycles. The Hall–Kier alpha value is -0.890. The van der Waals surface area contributed by atoms with Crippen LogP contribution in [-0.4, -0.2) is 15.5 Å². The van der Waals surface area contributed by atoms with Crippen molar-refractivity contribution in [2.45, 2.75) is 24.8 Å². The van der Waals surface area contributed by atoms with Gasteiger partial charge in [-0.1, -0.05) is 18.2 Å². The van der Waals surface area contributed by atoms with Gasteiger partial charge in [0.25, 0.3) is 0 Å². The monoisotopic (exact) mass is 389 g/mol. The van der Waals surface area contributed by atoms with Gasteiger partial charge >= 0.3 is 0 Å². The lowest BCUT2D eigenvalue weighted by atomic mass is 10.1. The van der Waals surface area contributed by atoms with Crippen molar-refractivity contribution in [3.05, 3.63) is 44.6 Å². The third-order valence-corrected chi connectivity index (χ3v) is 6.42. The van der Waals surface area contributed by atoms with E-state index in [2.05, 4.69) is 20.7 Å². The average molecular weight is 390 g/mol. The summed E-state index contributed by atoms with van der Waals surface area (Å²) in [5.74, 6) is 0.663. The topological polar surface area (TPSA) is 55.4 Å². The van der Waals surface area contributed by atoms with Crippen molar-refractivity contribution in [1.82, 2.24) is 4.72 Å². The molecule has 0 aliphatic rings. The fourth-order valence-corrected chi connectivity index (χ4v) is 5.72. The van der Waals surface area contributed by atoms with Crippen LogP contribution in [-0.2, 0) is 10.0 Å². The van der Waals surface area contributed by atoms with E-state index < -0.39 is 10.0 Å². The number of thiophene rings is 1. The highest BCUT2D eigenvalue weighted by Crippen LogP contribution is 2.31. The van der Waals surface area contributed by atoms with Gasteiger partial charge in [0.05, 0.1) is 15.8 Å². The molecule has 7 heteroatoms. The number of ether oxygens (including phenoxy) is 1. The number of benzene rings is 1. The van der Waals surface area contributed by atoms with Crippen LogP contribution < -0.4 is 9.46 Å². The normalized spacial score (nSPS) is 13.1. The van der Waals surface area contributed by atoms with Crippen LogP contribution in [0, 0.1) is 6.92 Å². The maximum Gasteiger partial charge on any atom is 0.242 e. The molecule has 0 aliphatic heterocycles. The quantitative estimate of drug-likeness (QED) is 0.844. The predicted octanol–water partition coefficient (Wildman–Crippen LogP) is 3.87. The molecule has 0 amide bonds. The van der Waals surface area contributed by atoms with Gasteiger partial charge in [-0.25, -0.2) is 13.1 Å². The van der Waals surface area contributed by atoms with Crippen molar-refractivity contribution in [2.24, 2.45) is 0 Å². The second-order valence-electron chi connectivity index (χ2n) is 4.56. The molecular formula is C14H16BrNO3S2. The molecule has 1 atom stereocenters. The molecule has 2 rings (SSSR count). The number of para-hydroxylation sites is 1. The molecule has 1 aromatic carbocycles. The van der Waals surface area contributed by atoms with Gasteiger partial charge in [0.2, 0.25) is 10.0 Å². The summed E-state index contributed by atoms with van der Waals surface area (Å²) in [6.07, 6.45) is 0. The molecule has 1 unspecified atom stereocenters. The Morgan fingerprint density at radius 2 is 2.00 bits per heavy atom. The summed E-state index contributed by atoms with van der Waals surface area (Å²) >= 11 is 4.72. The SMILES string of the molecule is COc1ccccc1C(C)NS(=O)(=O)c1cc(Br)sc1C. The van der Waals surface area contributed by atoms with E-state index in [9.17, 15) is 8.42 Å². The van der Waals surface area contributed by atoms with Gasteiger partial charge in [-0.3, -0.25) is 0 Å². The first-order valence-electron chi connectivity index (χ1n) is 6.26. The summed E-state index contributed by atoms with van der Waals surface area (Å²) in [6, 6.07) is 8.61. The zero-order valence-electron chi connectivity index (χ0n) is 11.9. The molecule has 0 fully saturated rings. The Balaban J connectivity index is 2.30. The highest BCUT2D eigenvalue weighted by atomic mass is 79.9. The number of sulfonamides is 1. The van der Waals surface area contributed by atoms with Crippen molar-refractivity contribution in [3.63, 3.8) is 0 Å². The Labute approximate surface area is 137 Å². The van der Waals surface area contributed by atoms with Gasteiger partial charge < -0.3 is 4.74 Å². The van der Waals surface area contributed by atoms with E-state index >= 15 is 0 Å². The Morgan fingerprint density at radius 3 is 2.57 bits per heavy atom. The Morgan fingerprint density at radius 1 is 1.33 bits per heavy atom. The van der Waals surface area contributed by atoms with Crippen molar-refractivity contribution in [3.8, 4) is 5.75 Å². The molecule has 114 valence electrons. The van der Waals surface area contributed by atoms with Gasteiger partial charge in [0.15, 0.2) is 0 Å². The minimum atomic E-state index is -3.57. The fraction of sp³-hybridized carbons (Fsp3) is 0.286. The van der Waals surface area contributed by atoms with Crippen molar-refractivity contribution < 1.29 is 13.2 Å². The minimum absolute atomic E-state index is 0.307. The van der Waals surface area contributed by atoms with E-state index in [-0.39, 0.29) is 6.04 Å². The van der Waals surface area contributed by atoms with Crippen LogP contribution in [0.3, 0.4) is 0 Å². The van der Waals surface area contributed by atoms with Crippen molar-refractivity contribution >= 4 is 37.3 Å². The fourth-order valence-electron chi connectivity index (χ4n) is 2.08. The van der Waals surface area contributed by atoms with Gasteiger partial charge in [-0.15, -0.1) is 11.3 Å². The van der Waals surface area contributed by atoms with E-state index in [0.29, 0.717) is 10.6 Å². The maximum atomic E-state index is 12.5. The maximum absolute atomic E-state index is 12.5. The zero-order chi connectivity index (χ0) is 15.6. The first-order chi connectivity index (χ1) is 9.85. The van der Waals surface area contributed by atoms with Crippen LogP contribution in [0.2, 0.25) is 0 Å². The molecular weight excluding hydrogens is 374 g/mol. The smallest absolute Gasteiger partial charge is 0.242 e. The zero-order valence-corrected chi connectivity index (χ0v) is 15.1. The molecule has 4 nitrogen and oxygen atoms in total. The minimum Gasteiger partial charge on any atom is -0.496 e.